The Balaban J connectivity index is 2.09. The van der Waals surface area contributed by atoms with E-state index in [1.165, 1.54) is 7.11 Å². The smallest absolute Gasteiger partial charge is 0.239 e. The van der Waals surface area contributed by atoms with E-state index in [1.54, 1.807) is 26.0 Å². The second-order valence-electron chi connectivity index (χ2n) is 6.55. The van der Waals surface area contributed by atoms with Crippen LogP contribution in [0.15, 0.2) is 42.5 Å². The van der Waals surface area contributed by atoms with Gasteiger partial charge in [0.25, 0.3) is 0 Å². The molecule has 0 aliphatic heterocycles. The highest BCUT2D eigenvalue weighted by Crippen LogP contribution is 2.32. The molecule has 0 unspecified atom stereocenters. The Kier molecular flexibility index (Phi) is 6.27. The minimum absolute atomic E-state index is 0.358. The number of methoxy groups -OCH3 is 1. The molecule has 0 heterocycles. The van der Waals surface area contributed by atoms with Gasteiger partial charge in [-0.05, 0) is 38.0 Å². The van der Waals surface area contributed by atoms with Crippen LogP contribution < -0.4 is 15.4 Å². The van der Waals surface area contributed by atoms with E-state index in [9.17, 15) is 9.59 Å². The zero-order valence-electron chi connectivity index (χ0n) is 15.4. The van der Waals surface area contributed by atoms with Gasteiger partial charge in [0, 0.05) is 17.6 Å². The van der Waals surface area contributed by atoms with E-state index >= 15 is 0 Å². The molecule has 26 heavy (non-hydrogen) atoms. The average molecular weight is 375 g/mol. The van der Waals surface area contributed by atoms with E-state index in [2.05, 4.69) is 10.6 Å². The maximum atomic E-state index is 12.7. The normalized spacial score (nSPS) is 11.0. The second kappa shape index (κ2) is 8.23. The van der Waals surface area contributed by atoms with Gasteiger partial charge in [-0.25, -0.2) is 0 Å². The first-order valence-corrected chi connectivity index (χ1v) is 8.61. The van der Waals surface area contributed by atoms with E-state index in [0.717, 1.165) is 11.1 Å². The molecule has 0 saturated heterocycles. The van der Waals surface area contributed by atoms with Gasteiger partial charge in [0.1, 0.15) is 11.2 Å². The molecule has 2 N–H and O–H groups in total. The number of hydrogen-bond acceptors (Lipinski definition) is 3. The summed E-state index contributed by atoms with van der Waals surface area (Å²) >= 11 is 6.08. The van der Waals surface area contributed by atoms with Crippen LogP contribution in [0.25, 0.3) is 0 Å². The highest BCUT2D eigenvalue weighted by atomic mass is 35.5. The number of carbonyl (C=O) groups excluding carboxylic acids is 2. The van der Waals surface area contributed by atoms with Crippen LogP contribution in [0.5, 0.6) is 5.75 Å². The lowest BCUT2D eigenvalue weighted by atomic mass is 9.90. The Labute approximate surface area is 158 Å². The number of hydrogen-bond donors (Lipinski definition) is 2. The third-order valence-corrected chi connectivity index (χ3v) is 4.57. The van der Waals surface area contributed by atoms with Crippen molar-refractivity contribution < 1.29 is 14.3 Å². The van der Waals surface area contributed by atoms with Crippen LogP contribution in [0, 0.1) is 12.3 Å². The molecule has 0 spiro atoms. The molecular weight excluding hydrogens is 352 g/mol. The maximum absolute atomic E-state index is 12.7. The zero-order valence-corrected chi connectivity index (χ0v) is 16.1. The molecule has 0 aliphatic carbocycles. The molecule has 2 aromatic rings. The van der Waals surface area contributed by atoms with Crippen molar-refractivity contribution in [1.82, 2.24) is 5.32 Å². The summed E-state index contributed by atoms with van der Waals surface area (Å²) in [6.45, 7) is 5.35. The van der Waals surface area contributed by atoms with Gasteiger partial charge in [-0.2, -0.15) is 0 Å². The number of nitrogens with one attached hydrogen (secondary N) is 2. The fraction of sp³-hybridized carbons (Fsp3) is 0.300. The van der Waals surface area contributed by atoms with Crippen LogP contribution in [-0.4, -0.2) is 18.9 Å². The molecule has 5 nitrogen and oxygen atoms in total. The molecule has 138 valence electrons. The first kappa shape index (κ1) is 19.8. The number of rotatable bonds is 6. The van der Waals surface area contributed by atoms with E-state index < -0.39 is 11.3 Å². The number of anilines is 1. The summed E-state index contributed by atoms with van der Waals surface area (Å²) in [6.07, 6.45) is 0. The minimum atomic E-state index is -1.26. The molecule has 0 radical (unpaired) electrons. The van der Waals surface area contributed by atoms with Crippen molar-refractivity contribution in [2.45, 2.75) is 27.3 Å². The van der Waals surface area contributed by atoms with Crippen LogP contribution >= 0.6 is 11.6 Å². The molecule has 2 rings (SSSR count). The van der Waals surface area contributed by atoms with Crippen molar-refractivity contribution in [3.05, 3.63) is 58.6 Å². The molecule has 0 aliphatic rings. The van der Waals surface area contributed by atoms with Crippen molar-refractivity contribution in [2.75, 3.05) is 12.4 Å². The van der Waals surface area contributed by atoms with Gasteiger partial charge in [0.15, 0.2) is 0 Å². The SMILES string of the molecule is COc1cc(Cl)c(C)cc1NC(=O)C(C)(C)C(=O)NCc1ccccc1. The maximum Gasteiger partial charge on any atom is 0.239 e. The zero-order chi connectivity index (χ0) is 19.3. The fourth-order valence-corrected chi connectivity index (χ4v) is 2.46. The summed E-state index contributed by atoms with van der Waals surface area (Å²) < 4.78 is 5.26. The van der Waals surface area contributed by atoms with Crippen molar-refractivity contribution in [2.24, 2.45) is 5.41 Å². The number of amides is 2. The Hall–Kier alpha value is -2.53. The molecule has 2 amide bonds. The van der Waals surface area contributed by atoms with Gasteiger partial charge in [-0.15, -0.1) is 0 Å². The van der Waals surface area contributed by atoms with Crippen LogP contribution in [-0.2, 0) is 16.1 Å². The van der Waals surface area contributed by atoms with Crippen LogP contribution in [0.2, 0.25) is 5.02 Å². The summed E-state index contributed by atoms with van der Waals surface area (Å²) in [7, 11) is 1.49. The van der Waals surface area contributed by atoms with Gasteiger partial charge in [0.05, 0.1) is 12.8 Å². The fourth-order valence-electron chi connectivity index (χ4n) is 2.31. The summed E-state index contributed by atoms with van der Waals surface area (Å²) in [5.74, 6) is -0.346. The van der Waals surface area contributed by atoms with Crippen molar-refractivity contribution in [3.63, 3.8) is 0 Å². The quantitative estimate of drug-likeness (QED) is 0.752. The molecule has 2 aromatic carbocycles. The first-order valence-electron chi connectivity index (χ1n) is 8.23. The number of carbonyl (C=O) groups is 2. The second-order valence-corrected chi connectivity index (χ2v) is 6.96. The largest absolute Gasteiger partial charge is 0.495 e. The number of ether oxygens (including phenoxy) is 1. The molecular formula is C20H23ClN2O3. The topological polar surface area (TPSA) is 67.4 Å². The number of halogens is 1. The van der Waals surface area contributed by atoms with Gasteiger partial charge < -0.3 is 15.4 Å². The van der Waals surface area contributed by atoms with Crippen LogP contribution in [0.3, 0.4) is 0 Å². The lowest BCUT2D eigenvalue weighted by Crippen LogP contribution is -2.44. The lowest BCUT2D eigenvalue weighted by molar-refractivity contribution is -0.138. The third-order valence-electron chi connectivity index (χ3n) is 4.16. The molecule has 0 saturated carbocycles. The van der Waals surface area contributed by atoms with E-state index in [0.29, 0.717) is 23.0 Å². The van der Waals surface area contributed by atoms with Crippen LogP contribution in [0.4, 0.5) is 5.69 Å². The predicted octanol–water partition coefficient (Wildman–Crippen LogP) is 3.94. The summed E-state index contributed by atoms with van der Waals surface area (Å²) in [5.41, 5.74) is 0.984. The monoisotopic (exact) mass is 374 g/mol. The van der Waals surface area contributed by atoms with Crippen molar-refractivity contribution in [1.29, 1.82) is 0 Å². The summed E-state index contributed by atoms with van der Waals surface area (Å²) in [5, 5.41) is 6.11. The first-order chi connectivity index (χ1) is 12.3. The lowest BCUT2D eigenvalue weighted by Gasteiger charge is -2.23. The van der Waals surface area contributed by atoms with E-state index in [-0.39, 0.29) is 5.91 Å². The third kappa shape index (κ3) is 4.55. The Morgan fingerprint density at radius 3 is 2.38 bits per heavy atom. The standard InChI is InChI=1S/C20H23ClN2O3/c1-13-10-16(17(26-4)11-15(13)21)23-19(25)20(2,3)18(24)22-12-14-8-6-5-7-9-14/h5-11H,12H2,1-4H3,(H,22,24)(H,23,25). The van der Waals surface area contributed by atoms with Crippen molar-refractivity contribution in [3.8, 4) is 5.75 Å². The molecule has 0 bridgehead atoms. The molecule has 0 aromatic heterocycles. The van der Waals surface area contributed by atoms with Gasteiger partial charge in [-0.3, -0.25) is 9.59 Å². The number of benzene rings is 2. The van der Waals surface area contributed by atoms with Gasteiger partial charge >= 0.3 is 0 Å². The summed E-state index contributed by atoms with van der Waals surface area (Å²) in [4.78, 5) is 25.2. The Morgan fingerprint density at radius 1 is 1.12 bits per heavy atom. The highest BCUT2D eigenvalue weighted by molar-refractivity contribution is 6.31. The molecule has 6 heteroatoms. The molecule has 0 atom stereocenters. The number of aryl methyl sites for hydroxylation is 1. The van der Waals surface area contributed by atoms with E-state index in [1.807, 2.05) is 37.3 Å². The minimum Gasteiger partial charge on any atom is -0.495 e. The highest BCUT2D eigenvalue weighted by Gasteiger charge is 2.36. The van der Waals surface area contributed by atoms with Crippen molar-refractivity contribution >= 4 is 29.1 Å². The average Bonchev–Trinajstić information content (AvgIpc) is 2.63. The predicted molar refractivity (Wildman–Crippen MR) is 103 cm³/mol. The van der Waals surface area contributed by atoms with Crippen LogP contribution in [0.1, 0.15) is 25.0 Å². The van der Waals surface area contributed by atoms with E-state index in [4.69, 9.17) is 16.3 Å². The molecule has 0 fully saturated rings. The van der Waals surface area contributed by atoms with Gasteiger partial charge in [-0.1, -0.05) is 41.9 Å². The Morgan fingerprint density at radius 2 is 1.77 bits per heavy atom. The summed E-state index contributed by atoms with van der Waals surface area (Å²) in [6, 6.07) is 12.9. The van der Waals surface area contributed by atoms with Gasteiger partial charge in [0.2, 0.25) is 11.8 Å². The Bertz CT molecular complexity index is 804.